The highest BCUT2D eigenvalue weighted by Crippen LogP contribution is 2.45. The number of esters is 1. The summed E-state index contributed by atoms with van der Waals surface area (Å²) in [6.07, 6.45) is -4.58. The largest absolute Gasteiger partial charge is 0.497 e. The lowest BCUT2D eigenvalue weighted by Gasteiger charge is -2.36. The van der Waals surface area contributed by atoms with E-state index in [1.54, 1.807) is 0 Å². The molecule has 0 aliphatic carbocycles. The number of benzene rings is 2. The summed E-state index contributed by atoms with van der Waals surface area (Å²) in [5.41, 5.74) is -5.90. The molecule has 0 saturated heterocycles. The third-order valence-electron chi connectivity index (χ3n) is 4.69. The van der Waals surface area contributed by atoms with E-state index in [2.05, 4.69) is 4.74 Å². The Morgan fingerprint density at radius 1 is 1.13 bits per heavy atom. The molecule has 0 N–H and O–H groups in total. The molecule has 0 fully saturated rings. The van der Waals surface area contributed by atoms with Crippen molar-refractivity contribution in [3.05, 3.63) is 79.4 Å². The third kappa shape index (κ3) is 4.04. The Morgan fingerprint density at radius 2 is 1.77 bits per heavy atom. The van der Waals surface area contributed by atoms with Crippen molar-refractivity contribution in [1.82, 2.24) is 0 Å². The number of ether oxygens (including phenoxy) is 2. The van der Waals surface area contributed by atoms with Crippen molar-refractivity contribution in [2.24, 2.45) is 0 Å². The fourth-order valence-corrected chi connectivity index (χ4v) is 3.09. The molecule has 0 spiro atoms. The van der Waals surface area contributed by atoms with Gasteiger partial charge < -0.3 is 9.47 Å². The number of nitro benzene ring substituents is 2. The monoisotopic (exact) mass is 438 g/mol. The molecule has 162 valence electrons. The molecule has 1 heterocycles. The van der Waals surface area contributed by atoms with E-state index in [9.17, 15) is 38.2 Å². The summed E-state index contributed by atoms with van der Waals surface area (Å²) in [4.78, 5) is 32.7. The second-order valence-corrected chi connectivity index (χ2v) is 6.57. The first-order chi connectivity index (χ1) is 14.5. The normalized spacial score (nSPS) is 18.4. The van der Waals surface area contributed by atoms with Crippen molar-refractivity contribution in [1.29, 1.82) is 0 Å². The molecule has 31 heavy (non-hydrogen) atoms. The van der Waals surface area contributed by atoms with Crippen LogP contribution in [-0.2, 0) is 11.2 Å². The highest BCUT2D eigenvalue weighted by Gasteiger charge is 2.60. The number of nitrogens with zero attached hydrogens (tertiary/aromatic N) is 2. The molecule has 0 unspecified atom stereocenters. The Hall–Kier alpha value is -3.96. The first-order valence-corrected chi connectivity index (χ1v) is 8.56. The number of rotatable bonds is 5. The molecule has 1 atom stereocenters. The molecule has 0 bridgehead atoms. The van der Waals surface area contributed by atoms with Crippen LogP contribution in [0.25, 0.3) is 6.08 Å². The van der Waals surface area contributed by atoms with Gasteiger partial charge in [0.15, 0.2) is 0 Å². The van der Waals surface area contributed by atoms with Crippen LogP contribution in [-0.4, -0.2) is 34.7 Å². The van der Waals surface area contributed by atoms with Gasteiger partial charge in [-0.05, 0) is 23.8 Å². The number of halogens is 3. The van der Waals surface area contributed by atoms with Gasteiger partial charge in [0.25, 0.3) is 11.4 Å². The predicted octanol–water partition coefficient (Wildman–Crippen LogP) is 4.24. The van der Waals surface area contributed by atoms with Gasteiger partial charge in [-0.25, -0.2) is 4.79 Å². The van der Waals surface area contributed by atoms with Crippen LogP contribution in [0, 0.1) is 20.2 Å². The van der Waals surface area contributed by atoms with Crippen molar-refractivity contribution in [2.45, 2.75) is 18.2 Å². The molecule has 0 radical (unpaired) electrons. The summed E-state index contributed by atoms with van der Waals surface area (Å²) >= 11 is 0. The van der Waals surface area contributed by atoms with E-state index in [0.29, 0.717) is 29.5 Å². The lowest BCUT2D eigenvalue weighted by atomic mass is 9.86. The van der Waals surface area contributed by atoms with Gasteiger partial charge in [0.2, 0.25) is 5.60 Å². The maximum absolute atomic E-state index is 14.0. The van der Waals surface area contributed by atoms with E-state index in [1.165, 1.54) is 31.4 Å². The quantitative estimate of drug-likeness (QED) is 0.389. The van der Waals surface area contributed by atoms with E-state index in [1.807, 2.05) is 0 Å². The number of fused-ring (bicyclic) bond motifs is 1. The molecule has 12 heteroatoms. The van der Waals surface area contributed by atoms with E-state index < -0.39 is 56.5 Å². The zero-order valence-electron chi connectivity index (χ0n) is 15.7. The Labute approximate surface area is 172 Å². The molecule has 1 aliphatic rings. The second-order valence-electron chi connectivity index (χ2n) is 6.57. The Kier molecular flexibility index (Phi) is 5.40. The van der Waals surface area contributed by atoms with Gasteiger partial charge in [0.1, 0.15) is 5.75 Å². The summed E-state index contributed by atoms with van der Waals surface area (Å²) in [6, 6.07) is 7.12. The van der Waals surface area contributed by atoms with E-state index in [-0.39, 0.29) is 0 Å². The highest BCUT2D eigenvalue weighted by atomic mass is 19.4. The van der Waals surface area contributed by atoms with Gasteiger partial charge in [-0.2, -0.15) is 13.2 Å². The van der Waals surface area contributed by atoms with Crippen LogP contribution < -0.4 is 4.74 Å². The number of methoxy groups -OCH3 is 1. The van der Waals surface area contributed by atoms with Crippen LogP contribution in [0.15, 0.2) is 42.5 Å². The third-order valence-corrected chi connectivity index (χ3v) is 4.69. The van der Waals surface area contributed by atoms with Crippen molar-refractivity contribution < 1.29 is 37.3 Å². The number of nitro groups is 2. The zero-order valence-corrected chi connectivity index (χ0v) is 15.7. The van der Waals surface area contributed by atoms with Crippen LogP contribution in [0.3, 0.4) is 0 Å². The highest BCUT2D eigenvalue weighted by molar-refractivity contribution is 5.95. The Bertz CT molecular complexity index is 1080. The number of hydrogen-bond donors (Lipinski definition) is 0. The summed E-state index contributed by atoms with van der Waals surface area (Å²) in [6.45, 7) is 0. The second kappa shape index (κ2) is 7.70. The Balaban J connectivity index is 2.13. The van der Waals surface area contributed by atoms with Crippen LogP contribution in [0.4, 0.5) is 24.5 Å². The number of cyclic esters (lactones) is 1. The van der Waals surface area contributed by atoms with Crippen molar-refractivity contribution in [3.8, 4) is 5.75 Å². The number of non-ortho nitro benzene ring substituents is 1. The van der Waals surface area contributed by atoms with E-state index >= 15 is 0 Å². The first kappa shape index (κ1) is 21.7. The molecular weight excluding hydrogens is 425 g/mol. The summed E-state index contributed by atoms with van der Waals surface area (Å²) < 4.78 is 51.6. The SMILES string of the molecule is COc1ccc(/C=C/[C@]2(C(F)(F)F)Cc3c(cc([N+](=O)[O-])cc3[N+](=O)[O-])C(=O)O2)cc1. The average molecular weight is 438 g/mol. The molecule has 3 rings (SSSR count). The van der Waals surface area contributed by atoms with Crippen molar-refractivity contribution in [3.63, 3.8) is 0 Å². The van der Waals surface area contributed by atoms with Gasteiger partial charge in [-0.15, -0.1) is 0 Å². The maximum Gasteiger partial charge on any atom is 0.432 e. The molecule has 0 saturated carbocycles. The first-order valence-electron chi connectivity index (χ1n) is 8.56. The Morgan fingerprint density at radius 3 is 2.29 bits per heavy atom. The van der Waals surface area contributed by atoms with Crippen LogP contribution in [0.1, 0.15) is 21.5 Å². The molecule has 0 amide bonds. The number of carbonyl (C=O) groups is 1. The predicted molar refractivity (Wildman–Crippen MR) is 99.7 cm³/mol. The molecule has 0 aromatic heterocycles. The van der Waals surface area contributed by atoms with Gasteiger partial charge in [-0.1, -0.05) is 18.2 Å². The van der Waals surface area contributed by atoms with Crippen molar-refractivity contribution >= 4 is 23.4 Å². The minimum atomic E-state index is -5.13. The lowest BCUT2D eigenvalue weighted by Crippen LogP contribution is -2.52. The van der Waals surface area contributed by atoms with Crippen LogP contribution in [0.2, 0.25) is 0 Å². The molecule has 9 nitrogen and oxygen atoms in total. The van der Waals surface area contributed by atoms with Crippen LogP contribution >= 0.6 is 0 Å². The zero-order chi connectivity index (χ0) is 23.0. The fraction of sp³-hybridized carbons (Fsp3) is 0.211. The smallest absolute Gasteiger partial charge is 0.432 e. The van der Waals surface area contributed by atoms with Gasteiger partial charge in [0.05, 0.1) is 28.6 Å². The van der Waals surface area contributed by atoms with Gasteiger partial charge in [-0.3, -0.25) is 20.2 Å². The molecular formula is C19H13F3N2O7. The topological polar surface area (TPSA) is 122 Å². The fourth-order valence-electron chi connectivity index (χ4n) is 3.09. The summed E-state index contributed by atoms with van der Waals surface area (Å²) in [5, 5.41) is 22.4. The van der Waals surface area contributed by atoms with E-state index in [4.69, 9.17) is 4.74 Å². The average Bonchev–Trinajstić information content (AvgIpc) is 2.71. The van der Waals surface area contributed by atoms with Crippen LogP contribution in [0.5, 0.6) is 5.75 Å². The lowest BCUT2D eigenvalue weighted by molar-refractivity contribution is -0.395. The summed E-state index contributed by atoms with van der Waals surface area (Å²) in [7, 11) is 1.42. The maximum atomic E-state index is 14.0. The standard InChI is InChI=1S/C19H13F3N2O7/c1-30-13-4-2-11(3-5-13)6-7-18(19(20,21)22)10-15-14(17(25)31-18)8-12(23(26)27)9-16(15)24(28)29/h2-9H,10H2,1H3/b7-6+/t18-/m1/s1. The minimum absolute atomic E-state index is 0.324. The minimum Gasteiger partial charge on any atom is -0.497 e. The summed E-state index contributed by atoms with van der Waals surface area (Å²) in [5.74, 6) is -1.08. The number of alkyl halides is 3. The number of hydrogen-bond acceptors (Lipinski definition) is 7. The molecule has 2 aromatic rings. The number of carbonyl (C=O) groups excluding carboxylic acids is 1. The van der Waals surface area contributed by atoms with Gasteiger partial charge >= 0.3 is 12.1 Å². The molecule has 2 aromatic carbocycles. The van der Waals surface area contributed by atoms with Gasteiger partial charge in [0, 0.05) is 18.1 Å². The van der Waals surface area contributed by atoms with Crippen molar-refractivity contribution in [2.75, 3.05) is 7.11 Å². The molecule has 1 aliphatic heterocycles. The van der Waals surface area contributed by atoms with E-state index in [0.717, 1.165) is 6.08 Å².